The highest BCUT2D eigenvalue weighted by molar-refractivity contribution is 6.15. The zero-order valence-corrected chi connectivity index (χ0v) is 28.8. The van der Waals surface area contributed by atoms with Crippen LogP contribution < -0.4 is 10.6 Å². The Balaban J connectivity index is 1.76. The van der Waals surface area contributed by atoms with Crippen LogP contribution in [-0.2, 0) is 43.4 Å². The van der Waals surface area contributed by atoms with Gasteiger partial charge in [0.25, 0.3) is 0 Å². The zero-order chi connectivity index (χ0) is 36.0. The largest absolute Gasteiger partial charge is 0.481 e. The van der Waals surface area contributed by atoms with Gasteiger partial charge in [-0.25, -0.2) is 14.5 Å². The molecule has 0 fully saturated rings. The molecule has 0 saturated heterocycles. The lowest BCUT2D eigenvalue weighted by atomic mass is 9.82. The summed E-state index contributed by atoms with van der Waals surface area (Å²) in [5, 5.41) is 9.97. The molecule has 1 unspecified atom stereocenters. The molecule has 2 amide bonds. The standard InChI is InChI=1S/C38H47N3O8/c1-26(2)23-32(33(42)43)31(34(44)49-38(3,4)5)18-12-17-27-19-21-30(22-20-27)41(37(46)48-25-29-15-10-7-11-16-29)35(39)40-36(45)47-24-28-13-8-6-9-14-28/h6-11,13-16,19-22,26,31-32H,12,17-18,23-25H2,1-5H3,(H,42,43)(H2,39,40,45)/t31?,32-/m1/s1. The maximum atomic E-state index is 13.3. The van der Waals surface area contributed by atoms with Crippen LogP contribution in [0.1, 0.15) is 70.6 Å². The molecular weight excluding hydrogens is 626 g/mol. The summed E-state index contributed by atoms with van der Waals surface area (Å²) in [6.07, 6.45) is -0.100. The number of aliphatic imine (C=N–C) groups is 1. The third-order valence-electron chi connectivity index (χ3n) is 7.44. The SMILES string of the molecule is CC(C)C[C@@H](C(=O)O)C(CCCc1ccc(N(C(=O)OCc2ccccc2)C(N)=NC(=O)OCc2ccccc2)cc1)C(=O)OC(C)(C)C. The van der Waals surface area contributed by atoms with Crippen LogP contribution in [0.2, 0.25) is 0 Å². The number of nitrogens with zero attached hydrogens (tertiary/aromatic N) is 2. The average molecular weight is 674 g/mol. The van der Waals surface area contributed by atoms with Gasteiger partial charge in [-0.15, -0.1) is 4.99 Å². The number of amides is 2. The van der Waals surface area contributed by atoms with Crippen molar-refractivity contribution < 1.29 is 38.5 Å². The molecule has 0 aliphatic rings. The van der Waals surface area contributed by atoms with E-state index in [1.165, 1.54) is 0 Å². The quantitative estimate of drug-likeness (QED) is 0.0765. The number of carbonyl (C=O) groups is 4. The number of guanidine groups is 1. The van der Waals surface area contributed by atoms with Crippen molar-refractivity contribution >= 4 is 35.8 Å². The van der Waals surface area contributed by atoms with Crippen molar-refractivity contribution in [1.29, 1.82) is 0 Å². The summed E-state index contributed by atoms with van der Waals surface area (Å²) in [5.74, 6) is -3.55. The number of benzene rings is 3. The van der Waals surface area contributed by atoms with E-state index in [-0.39, 0.29) is 19.1 Å². The van der Waals surface area contributed by atoms with Crippen molar-refractivity contribution in [2.24, 2.45) is 28.5 Å². The molecule has 0 aliphatic carbocycles. The minimum Gasteiger partial charge on any atom is -0.481 e. The van der Waals surface area contributed by atoms with Crippen molar-refractivity contribution in [3.8, 4) is 0 Å². The molecular formula is C38H47N3O8. The Hall–Kier alpha value is -5.19. The number of aliphatic carboxylic acids is 1. The highest BCUT2D eigenvalue weighted by atomic mass is 16.6. The summed E-state index contributed by atoms with van der Waals surface area (Å²) in [6, 6.07) is 25.0. The van der Waals surface area contributed by atoms with Crippen molar-refractivity contribution in [3.63, 3.8) is 0 Å². The Bertz CT molecular complexity index is 1550. The van der Waals surface area contributed by atoms with Gasteiger partial charge in [0.2, 0.25) is 5.96 Å². The van der Waals surface area contributed by atoms with E-state index in [4.69, 9.17) is 19.9 Å². The summed E-state index contributed by atoms with van der Waals surface area (Å²) in [6.45, 7) is 9.07. The molecule has 3 aromatic rings. The highest BCUT2D eigenvalue weighted by Crippen LogP contribution is 2.29. The molecule has 3 rings (SSSR count). The fourth-order valence-corrected chi connectivity index (χ4v) is 5.15. The first-order valence-electron chi connectivity index (χ1n) is 16.3. The minimum atomic E-state index is -1.02. The van der Waals surface area contributed by atoms with E-state index < -0.39 is 47.5 Å². The lowest BCUT2D eigenvalue weighted by Gasteiger charge is -2.28. The van der Waals surface area contributed by atoms with Crippen molar-refractivity contribution in [1.82, 2.24) is 0 Å². The summed E-state index contributed by atoms with van der Waals surface area (Å²) < 4.78 is 16.3. The Labute approximate surface area is 288 Å². The van der Waals surface area contributed by atoms with E-state index in [0.29, 0.717) is 31.4 Å². The fraction of sp³-hybridized carbons (Fsp3) is 0.395. The first-order chi connectivity index (χ1) is 23.2. The molecule has 0 bridgehead atoms. The van der Waals surface area contributed by atoms with Crippen LogP contribution in [-0.4, -0.2) is 40.8 Å². The van der Waals surface area contributed by atoms with Gasteiger partial charge in [-0.05, 0) is 81.2 Å². The molecule has 3 aromatic carbocycles. The van der Waals surface area contributed by atoms with Crippen LogP contribution in [0.4, 0.5) is 15.3 Å². The molecule has 49 heavy (non-hydrogen) atoms. The number of carboxylic acid groups (broad SMARTS) is 1. The number of anilines is 1. The van der Waals surface area contributed by atoms with Crippen molar-refractivity contribution in [2.45, 2.75) is 79.1 Å². The number of aryl methyl sites for hydroxylation is 1. The highest BCUT2D eigenvalue weighted by Gasteiger charge is 2.36. The number of carboxylic acids is 1. The normalized spacial score (nSPS) is 12.9. The van der Waals surface area contributed by atoms with Gasteiger partial charge < -0.3 is 25.1 Å². The van der Waals surface area contributed by atoms with Gasteiger partial charge in [-0.2, -0.15) is 0 Å². The van der Waals surface area contributed by atoms with E-state index >= 15 is 0 Å². The monoisotopic (exact) mass is 673 g/mol. The lowest BCUT2D eigenvalue weighted by Crippen LogP contribution is -2.43. The Morgan fingerprint density at radius 3 is 1.86 bits per heavy atom. The predicted molar refractivity (Wildman–Crippen MR) is 187 cm³/mol. The summed E-state index contributed by atoms with van der Waals surface area (Å²) >= 11 is 0. The van der Waals surface area contributed by atoms with E-state index in [2.05, 4.69) is 4.99 Å². The number of carbonyl (C=O) groups excluding carboxylic acids is 3. The van der Waals surface area contributed by atoms with E-state index in [0.717, 1.165) is 21.6 Å². The molecule has 0 radical (unpaired) electrons. The molecule has 3 N–H and O–H groups in total. The molecule has 0 aromatic heterocycles. The fourth-order valence-electron chi connectivity index (χ4n) is 5.15. The van der Waals surface area contributed by atoms with Gasteiger partial charge in [-0.1, -0.05) is 86.6 Å². The molecule has 0 saturated carbocycles. The van der Waals surface area contributed by atoms with Crippen LogP contribution in [0.3, 0.4) is 0 Å². The lowest BCUT2D eigenvalue weighted by molar-refractivity contribution is -0.167. The van der Waals surface area contributed by atoms with Crippen molar-refractivity contribution in [2.75, 3.05) is 4.90 Å². The van der Waals surface area contributed by atoms with Crippen LogP contribution in [0.25, 0.3) is 0 Å². The second kappa shape index (κ2) is 18.4. The van der Waals surface area contributed by atoms with Gasteiger partial charge in [-0.3, -0.25) is 9.59 Å². The maximum absolute atomic E-state index is 13.3. The maximum Gasteiger partial charge on any atom is 0.437 e. The van der Waals surface area contributed by atoms with Crippen LogP contribution in [0.15, 0.2) is 89.9 Å². The Morgan fingerprint density at radius 1 is 0.796 bits per heavy atom. The number of ether oxygens (including phenoxy) is 3. The summed E-state index contributed by atoms with van der Waals surface area (Å²) in [4.78, 5) is 55.9. The smallest absolute Gasteiger partial charge is 0.437 e. The minimum absolute atomic E-state index is 0.0247. The van der Waals surface area contributed by atoms with Gasteiger partial charge in [0.05, 0.1) is 17.5 Å². The number of rotatable bonds is 14. The number of hydrogen-bond acceptors (Lipinski definition) is 7. The molecule has 0 heterocycles. The second-order valence-corrected chi connectivity index (χ2v) is 13.2. The first kappa shape index (κ1) is 38.3. The predicted octanol–water partition coefficient (Wildman–Crippen LogP) is 7.51. The molecule has 0 spiro atoms. The molecule has 262 valence electrons. The van der Waals surface area contributed by atoms with Crippen LogP contribution in [0, 0.1) is 17.8 Å². The molecule has 0 aliphatic heterocycles. The topological polar surface area (TPSA) is 158 Å². The molecule has 11 heteroatoms. The summed E-state index contributed by atoms with van der Waals surface area (Å²) in [5.41, 5.74) is 8.13. The van der Waals surface area contributed by atoms with Gasteiger partial charge in [0.15, 0.2) is 0 Å². The second-order valence-electron chi connectivity index (χ2n) is 13.2. The van der Waals surface area contributed by atoms with Crippen LogP contribution in [0.5, 0.6) is 0 Å². The number of nitrogens with two attached hydrogens (primary N) is 1. The first-order valence-corrected chi connectivity index (χ1v) is 16.3. The van der Waals surface area contributed by atoms with Gasteiger partial charge in [0, 0.05) is 0 Å². The molecule has 2 atom stereocenters. The van der Waals surface area contributed by atoms with Crippen LogP contribution >= 0.6 is 0 Å². The third kappa shape index (κ3) is 13.1. The van der Waals surface area contributed by atoms with Crippen molar-refractivity contribution in [3.05, 3.63) is 102 Å². The molecule has 11 nitrogen and oxygen atoms in total. The number of esters is 1. The van der Waals surface area contributed by atoms with E-state index in [9.17, 15) is 24.3 Å². The average Bonchev–Trinajstić information content (AvgIpc) is 3.04. The van der Waals surface area contributed by atoms with E-state index in [1.807, 2.05) is 50.2 Å². The number of hydrogen-bond donors (Lipinski definition) is 2. The summed E-state index contributed by atoms with van der Waals surface area (Å²) in [7, 11) is 0. The van der Waals surface area contributed by atoms with E-state index in [1.54, 1.807) is 69.3 Å². The van der Waals surface area contributed by atoms with Gasteiger partial charge >= 0.3 is 24.1 Å². The Kier molecular flexibility index (Phi) is 14.4. The third-order valence-corrected chi connectivity index (χ3v) is 7.44. The Morgan fingerprint density at radius 2 is 1.35 bits per heavy atom. The van der Waals surface area contributed by atoms with Gasteiger partial charge in [0.1, 0.15) is 18.8 Å². The zero-order valence-electron chi connectivity index (χ0n) is 28.8.